The predicted molar refractivity (Wildman–Crippen MR) is 126 cm³/mol. The number of phenols is 1. The van der Waals surface area contributed by atoms with Crippen molar-refractivity contribution in [2.24, 2.45) is 17.6 Å². The number of carbonyl (C=O) groups excluding carboxylic acids is 4. The summed E-state index contributed by atoms with van der Waals surface area (Å²) in [5.74, 6) is -9.18. The van der Waals surface area contributed by atoms with Crippen LogP contribution in [-0.4, -0.2) is 62.0 Å². The lowest BCUT2D eigenvalue weighted by Gasteiger charge is -2.46. The van der Waals surface area contributed by atoms with Crippen LogP contribution < -0.4 is 16.4 Å². The number of anilines is 1. The van der Waals surface area contributed by atoms with Gasteiger partial charge in [-0.2, -0.15) is 0 Å². The van der Waals surface area contributed by atoms with Crippen LogP contribution in [0.1, 0.15) is 42.9 Å². The first kappa shape index (κ1) is 24.9. The van der Waals surface area contributed by atoms with Gasteiger partial charge in [0.1, 0.15) is 22.9 Å². The van der Waals surface area contributed by atoms with E-state index < -0.39 is 87.5 Å². The molecule has 1 aliphatic heterocycles. The van der Waals surface area contributed by atoms with Crippen LogP contribution in [0, 0.1) is 17.7 Å². The van der Waals surface area contributed by atoms with Gasteiger partial charge in [0.05, 0.1) is 17.3 Å². The molecule has 1 aromatic carbocycles. The molecule has 1 heterocycles. The number of nitrogens with one attached hydrogen (secondary N) is 2. The van der Waals surface area contributed by atoms with Crippen molar-refractivity contribution in [2.75, 3.05) is 11.9 Å². The van der Waals surface area contributed by atoms with Crippen LogP contribution in [0.2, 0.25) is 0 Å². The zero-order valence-electron chi connectivity index (χ0n) is 19.9. The van der Waals surface area contributed by atoms with Gasteiger partial charge < -0.3 is 36.8 Å². The van der Waals surface area contributed by atoms with Crippen molar-refractivity contribution in [2.45, 2.75) is 50.7 Å². The van der Waals surface area contributed by atoms with Gasteiger partial charge in [0.15, 0.2) is 17.1 Å². The number of Topliss-reactive ketones (excluding diaryl/α,β-unsaturated/α-hetero) is 2. The van der Waals surface area contributed by atoms with Crippen LogP contribution in [-0.2, 0) is 32.0 Å². The van der Waals surface area contributed by atoms with Crippen molar-refractivity contribution >= 4 is 34.8 Å². The lowest BCUT2D eigenvalue weighted by atomic mass is 9.59. The highest BCUT2D eigenvalue weighted by molar-refractivity contribution is 6.22. The molecule has 1 fully saturated rings. The van der Waals surface area contributed by atoms with E-state index in [-0.39, 0.29) is 41.6 Å². The van der Waals surface area contributed by atoms with Gasteiger partial charge in [-0.3, -0.25) is 19.2 Å². The summed E-state index contributed by atoms with van der Waals surface area (Å²) in [6.45, 7) is 2.43. The van der Waals surface area contributed by atoms with Crippen molar-refractivity contribution < 1.29 is 44.0 Å². The fourth-order valence-corrected chi connectivity index (χ4v) is 6.09. The molecule has 0 bridgehead atoms. The third kappa shape index (κ3) is 3.32. The zero-order valence-corrected chi connectivity index (χ0v) is 19.9. The van der Waals surface area contributed by atoms with Gasteiger partial charge in [0.2, 0.25) is 11.7 Å². The monoisotopic (exact) mass is 515 g/mol. The van der Waals surface area contributed by atoms with E-state index in [9.17, 15) is 39.6 Å². The number of phenolic OH excluding ortho intramolecular Hbond substituents is 1. The molecule has 4 aliphatic rings. The minimum Gasteiger partial charge on any atom is -0.508 e. The average Bonchev–Trinajstić information content (AvgIpc) is 2.83. The van der Waals surface area contributed by atoms with E-state index >= 15 is 4.39 Å². The van der Waals surface area contributed by atoms with Gasteiger partial charge in [0.25, 0.3) is 5.91 Å². The molecule has 0 spiro atoms. The number of aliphatic hydroxyl groups is 3. The normalized spacial score (nSPS) is 28.8. The van der Waals surface area contributed by atoms with Gasteiger partial charge in [-0.05, 0) is 31.7 Å². The van der Waals surface area contributed by atoms with E-state index in [4.69, 9.17) is 5.73 Å². The molecule has 196 valence electrons. The number of nitrogens with two attached hydrogens (primary N) is 1. The van der Waals surface area contributed by atoms with Crippen molar-refractivity contribution in [1.29, 1.82) is 0 Å². The smallest absolute Gasteiger partial charge is 0.255 e. The first-order valence-corrected chi connectivity index (χ1v) is 12.0. The van der Waals surface area contributed by atoms with Gasteiger partial charge >= 0.3 is 0 Å². The number of amides is 2. The number of primary amides is 1. The van der Waals surface area contributed by atoms with Gasteiger partial charge in [0, 0.05) is 35.5 Å². The van der Waals surface area contributed by atoms with E-state index in [1.54, 1.807) is 0 Å². The Morgan fingerprint density at radius 2 is 1.86 bits per heavy atom. The van der Waals surface area contributed by atoms with Gasteiger partial charge in [-0.1, -0.05) is 6.92 Å². The van der Waals surface area contributed by atoms with Crippen LogP contribution in [0.3, 0.4) is 0 Å². The topological polar surface area (TPSA) is 199 Å². The van der Waals surface area contributed by atoms with E-state index in [1.165, 1.54) is 0 Å². The first-order valence-electron chi connectivity index (χ1n) is 12.0. The second-order valence-electron chi connectivity index (χ2n) is 9.98. The maximum Gasteiger partial charge on any atom is 0.255 e. The molecular formula is C25H26FN3O8. The highest BCUT2D eigenvalue weighted by Crippen LogP contribution is 2.54. The fourth-order valence-electron chi connectivity index (χ4n) is 6.09. The summed E-state index contributed by atoms with van der Waals surface area (Å²) in [6.07, 6.45) is -0.00992. The highest BCUT2D eigenvalue weighted by atomic mass is 19.1. The maximum absolute atomic E-state index is 15.8. The number of carbonyl (C=O) groups is 4. The number of aromatic hydroxyl groups is 1. The van der Waals surface area contributed by atoms with E-state index in [1.807, 2.05) is 6.92 Å². The van der Waals surface area contributed by atoms with E-state index in [0.29, 0.717) is 6.54 Å². The summed E-state index contributed by atoms with van der Waals surface area (Å²) in [5.41, 5.74) is 0.569. The summed E-state index contributed by atoms with van der Waals surface area (Å²) >= 11 is 0. The quantitative estimate of drug-likeness (QED) is 0.219. The minimum absolute atomic E-state index is 0.0415. The number of benzene rings is 1. The Labute approximate surface area is 209 Å². The molecular weight excluding hydrogens is 489 g/mol. The third-order valence-electron chi connectivity index (χ3n) is 7.88. The second kappa shape index (κ2) is 8.38. The molecule has 3 aliphatic carbocycles. The van der Waals surface area contributed by atoms with Crippen LogP contribution in [0.25, 0.3) is 5.76 Å². The molecule has 0 aromatic heterocycles. The summed E-state index contributed by atoms with van der Waals surface area (Å²) in [5, 5.41) is 49.5. The largest absolute Gasteiger partial charge is 0.508 e. The lowest BCUT2D eigenvalue weighted by Crippen LogP contribution is -2.58. The molecule has 5 rings (SSSR count). The van der Waals surface area contributed by atoms with Crippen LogP contribution in [0.4, 0.5) is 10.1 Å². The molecule has 2 amide bonds. The fraction of sp³-hybridized carbons (Fsp3) is 0.440. The van der Waals surface area contributed by atoms with Gasteiger partial charge in [-0.15, -0.1) is 0 Å². The van der Waals surface area contributed by atoms with Crippen LogP contribution in [0.5, 0.6) is 5.75 Å². The standard InChI is InChI=1S/C25H26FN3O8/c1-2-3-28-12-7-11-17(26)10-5-8-4-9-6-13(30)16(23(27)35)22(34)25(9,37)21(33)14(8)19(31)15(10)20(32)18(11)29-24(12)36/h8-9,12,28,31-32,34,37H,2-7H2,1H3,(H2,27,35)(H,29,36)/t8-,9+,12?,25+/m1/s1. The first-order chi connectivity index (χ1) is 17.4. The molecule has 12 heteroatoms. The Bertz CT molecular complexity index is 1370. The average molecular weight is 515 g/mol. The maximum atomic E-state index is 15.8. The molecule has 8 N–H and O–H groups in total. The molecule has 1 unspecified atom stereocenters. The van der Waals surface area contributed by atoms with E-state index in [0.717, 1.165) is 6.42 Å². The molecule has 0 saturated heterocycles. The lowest BCUT2D eigenvalue weighted by molar-refractivity contribution is -0.147. The number of aliphatic hydroxyl groups excluding tert-OH is 2. The Kier molecular flexibility index (Phi) is 5.64. The van der Waals surface area contributed by atoms with Crippen LogP contribution >= 0.6 is 0 Å². The SMILES string of the molecule is CCCNC1Cc2c(F)c3c(c(O)c2NC1=O)C(O)=C1C(=O)[C@]2(O)C(O)=C(C(N)=O)C(=O)C[C@@H]2C[C@@H]1C3. The van der Waals surface area contributed by atoms with Crippen molar-refractivity contribution in [3.8, 4) is 5.75 Å². The number of fused-ring (bicyclic) bond motifs is 4. The summed E-state index contributed by atoms with van der Waals surface area (Å²) in [6, 6.07) is -0.726. The summed E-state index contributed by atoms with van der Waals surface area (Å²) in [7, 11) is 0. The molecule has 1 aromatic rings. The Balaban J connectivity index is 1.65. The van der Waals surface area contributed by atoms with Gasteiger partial charge in [-0.25, -0.2) is 4.39 Å². The van der Waals surface area contributed by atoms with E-state index in [2.05, 4.69) is 10.6 Å². The second-order valence-corrected chi connectivity index (χ2v) is 9.98. The Morgan fingerprint density at radius 1 is 1.16 bits per heavy atom. The third-order valence-corrected chi connectivity index (χ3v) is 7.88. The Morgan fingerprint density at radius 3 is 2.51 bits per heavy atom. The molecule has 37 heavy (non-hydrogen) atoms. The number of halogens is 1. The Hall–Kier alpha value is -3.77. The predicted octanol–water partition coefficient (Wildman–Crippen LogP) is 0.426. The number of rotatable bonds is 4. The van der Waals surface area contributed by atoms with Crippen molar-refractivity contribution in [3.63, 3.8) is 0 Å². The van der Waals surface area contributed by atoms with Crippen LogP contribution in [0.15, 0.2) is 16.9 Å². The summed E-state index contributed by atoms with van der Waals surface area (Å²) in [4.78, 5) is 50.2. The highest BCUT2D eigenvalue weighted by Gasteiger charge is 2.60. The number of ketones is 2. The van der Waals surface area contributed by atoms with Crippen molar-refractivity contribution in [1.82, 2.24) is 5.32 Å². The molecule has 11 nitrogen and oxygen atoms in total. The molecule has 0 radical (unpaired) electrons. The number of hydrogen-bond acceptors (Lipinski definition) is 9. The molecule has 1 saturated carbocycles. The summed E-state index contributed by atoms with van der Waals surface area (Å²) < 4.78 is 15.8. The minimum atomic E-state index is -2.70. The van der Waals surface area contributed by atoms with Crippen molar-refractivity contribution in [3.05, 3.63) is 39.4 Å². The molecule has 4 atom stereocenters. The zero-order chi connectivity index (χ0) is 27.0. The number of hydrogen-bond donors (Lipinski definition) is 7.